The number of carbonyl (C=O) groups is 1. The Morgan fingerprint density at radius 3 is 2.61 bits per heavy atom. The van der Waals surface area contributed by atoms with Gasteiger partial charge in [0.2, 0.25) is 0 Å². The van der Waals surface area contributed by atoms with Crippen molar-refractivity contribution in [2.24, 2.45) is 0 Å². The highest BCUT2D eigenvalue weighted by Gasteiger charge is 2.22. The predicted octanol–water partition coefficient (Wildman–Crippen LogP) is 7.70. The zero-order chi connectivity index (χ0) is 26.6. The van der Waals surface area contributed by atoms with E-state index in [1.54, 1.807) is 12.1 Å². The first kappa shape index (κ1) is 25.8. The van der Waals surface area contributed by atoms with Gasteiger partial charge in [0.1, 0.15) is 5.82 Å². The third-order valence-corrected chi connectivity index (χ3v) is 7.36. The van der Waals surface area contributed by atoms with E-state index in [-0.39, 0.29) is 11.8 Å². The summed E-state index contributed by atoms with van der Waals surface area (Å²) in [6.07, 6.45) is 0. The molecule has 0 aliphatic carbocycles. The summed E-state index contributed by atoms with van der Waals surface area (Å²) in [6, 6.07) is 24.8. The maximum Gasteiger partial charge on any atom is 0.319 e. The maximum absolute atomic E-state index is 13.3. The van der Waals surface area contributed by atoms with Crippen LogP contribution < -0.4 is 10.6 Å². The number of benzene rings is 4. The first-order valence-corrected chi connectivity index (χ1v) is 13.4. The van der Waals surface area contributed by atoms with Crippen LogP contribution in [0.2, 0.25) is 5.02 Å². The van der Waals surface area contributed by atoms with Crippen LogP contribution in [-0.4, -0.2) is 20.8 Å². The molecule has 0 aliphatic rings. The molecule has 192 valence electrons. The molecule has 2 amide bonds. The van der Waals surface area contributed by atoms with Gasteiger partial charge in [0, 0.05) is 16.2 Å². The number of nitrogens with zero attached hydrogens (tertiary/aromatic N) is 3. The van der Waals surface area contributed by atoms with Crippen LogP contribution in [0.25, 0.3) is 16.5 Å². The summed E-state index contributed by atoms with van der Waals surface area (Å²) in [4.78, 5) is 13.0. The molecule has 0 aliphatic heterocycles. The van der Waals surface area contributed by atoms with Crippen LogP contribution >= 0.6 is 23.4 Å². The van der Waals surface area contributed by atoms with E-state index in [0.717, 1.165) is 33.3 Å². The largest absolute Gasteiger partial charge is 0.328 e. The van der Waals surface area contributed by atoms with Gasteiger partial charge in [0.25, 0.3) is 0 Å². The molecule has 0 fully saturated rings. The van der Waals surface area contributed by atoms with Crippen LogP contribution in [0.3, 0.4) is 0 Å². The second-order valence-corrected chi connectivity index (χ2v) is 10.2. The summed E-state index contributed by atoms with van der Waals surface area (Å²) in [5, 5.41) is 18.0. The van der Waals surface area contributed by atoms with Crippen molar-refractivity contribution < 1.29 is 9.18 Å². The lowest BCUT2D eigenvalue weighted by molar-refractivity contribution is 0.249. The number of urea groups is 1. The SMILES string of the molecule is Cc1ccc(Cl)cc1-n1c(SCc2ccc(F)cc2)nnc1C(C)NC(=O)Nc1cccc2ccccc12. The number of halogens is 2. The number of fused-ring (bicyclic) bond motifs is 1. The summed E-state index contributed by atoms with van der Waals surface area (Å²) in [7, 11) is 0. The van der Waals surface area contributed by atoms with Crippen LogP contribution in [-0.2, 0) is 5.75 Å². The Labute approximate surface area is 229 Å². The number of thioether (sulfide) groups is 1. The van der Waals surface area contributed by atoms with E-state index in [0.29, 0.717) is 21.8 Å². The molecule has 5 rings (SSSR count). The normalized spacial score (nSPS) is 11.9. The van der Waals surface area contributed by atoms with Crippen molar-refractivity contribution in [2.45, 2.75) is 30.8 Å². The molecule has 2 N–H and O–H groups in total. The van der Waals surface area contributed by atoms with Gasteiger partial charge >= 0.3 is 6.03 Å². The molecule has 1 heterocycles. The maximum atomic E-state index is 13.3. The molecule has 0 bridgehead atoms. The molecule has 1 aromatic heterocycles. The molecule has 38 heavy (non-hydrogen) atoms. The molecular weight excluding hydrogens is 521 g/mol. The summed E-state index contributed by atoms with van der Waals surface area (Å²) in [5.74, 6) is 0.854. The lowest BCUT2D eigenvalue weighted by Crippen LogP contribution is -2.32. The third-order valence-electron chi connectivity index (χ3n) is 6.12. The van der Waals surface area contributed by atoms with Crippen LogP contribution in [0.4, 0.5) is 14.9 Å². The predicted molar refractivity (Wildman–Crippen MR) is 152 cm³/mol. The van der Waals surface area contributed by atoms with E-state index >= 15 is 0 Å². The highest BCUT2D eigenvalue weighted by atomic mass is 35.5. The number of nitrogens with one attached hydrogen (secondary N) is 2. The Kier molecular flexibility index (Phi) is 7.62. The highest BCUT2D eigenvalue weighted by Crippen LogP contribution is 2.31. The first-order valence-electron chi connectivity index (χ1n) is 12.0. The minimum atomic E-state index is -0.476. The minimum Gasteiger partial charge on any atom is -0.328 e. The van der Waals surface area contributed by atoms with Gasteiger partial charge in [-0.3, -0.25) is 4.57 Å². The zero-order valence-electron chi connectivity index (χ0n) is 20.8. The van der Waals surface area contributed by atoms with Gasteiger partial charge in [-0.2, -0.15) is 0 Å². The Bertz CT molecular complexity index is 1600. The van der Waals surface area contributed by atoms with Crippen LogP contribution in [0.5, 0.6) is 0 Å². The standard InChI is InChI=1S/C29H25ClFN5OS/c1-18-10-13-22(30)16-26(18)36-27(34-35-29(36)38-17-20-11-14-23(31)15-12-20)19(2)32-28(37)33-25-9-5-7-21-6-3-4-8-24(21)25/h3-16,19H,17H2,1-2H3,(H2,32,33,37). The van der Waals surface area contributed by atoms with Crippen molar-refractivity contribution in [1.29, 1.82) is 0 Å². The minimum absolute atomic E-state index is 0.277. The Morgan fingerprint density at radius 2 is 1.79 bits per heavy atom. The number of hydrogen-bond donors (Lipinski definition) is 2. The quantitative estimate of drug-likeness (QED) is 0.206. The van der Waals surface area contributed by atoms with Crippen molar-refractivity contribution in [2.75, 3.05) is 5.32 Å². The van der Waals surface area contributed by atoms with Gasteiger partial charge < -0.3 is 10.6 Å². The molecule has 5 aromatic rings. The molecule has 6 nitrogen and oxygen atoms in total. The Morgan fingerprint density at radius 1 is 1.03 bits per heavy atom. The van der Waals surface area contributed by atoms with Crippen molar-refractivity contribution in [3.63, 3.8) is 0 Å². The second kappa shape index (κ2) is 11.2. The molecule has 0 saturated carbocycles. The molecule has 1 unspecified atom stereocenters. The molecule has 4 aromatic carbocycles. The second-order valence-electron chi connectivity index (χ2n) is 8.87. The zero-order valence-corrected chi connectivity index (χ0v) is 22.4. The van der Waals surface area contributed by atoms with Crippen LogP contribution in [0.15, 0.2) is 90.1 Å². The summed E-state index contributed by atoms with van der Waals surface area (Å²) < 4.78 is 15.3. The molecule has 1 atom stereocenters. The summed E-state index contributed by atoms with van der Waals surface area (Å²) in [5.41, 5.74) is 3.47. The number of aromatic nitrogens is 3. The molecular formula is C29H25ClFN5OS. The Hall–Kier alpha value is -3.88. The van der Waals surface area contributed by atoms with Gasteiger partial charge in [0.05, 0.1) is 17.4 Å². The van der Waals surface area contributed by atoms with Crippen molar-refractivity contribution in [3.05, 3.63) is 113 Å². The molecule has 0 saturated heterocycles. The van der Waals surface area contributed by atoms with Gasteiger partial charge in [-0.15, -0.1) is 10.2 Å². The van der Waals surface area contributed by atoms with E-state index in [1.807, 2.05) is 79.1 Å². The van der Waals surface area contributed by atoms with Crippen molar-refractivity contribution in [3.8, 4) is 5.69 Å². The van der Waals surface area contributed by atoms with E-state index in [1.165, 1.54) is 23.9 Å². The number of carbonyl (C=O) groups excluding carboxylic acids is 1. The third kappa shape index (κ3) is 5.66. The van der Waals surface area contributed by atoms with Crippen molar-refractivity contribution in [1.82, 2.24) is 20.1 Å². The van der Waals surface area contributed by atoms with E-state index < -0.39 is 6.04 Å². The Balaban J connectivity index is 1.41. The lowest BCUT2D eigenvalue weighted by atomic mass is 10.1. The number of amides is 2. The lowest BCUT2D eigenvalue weighted by Gasteiger charge is -2.18. The fourth-order valence-corrected chi connectivity index (χ4v) is 5.26. The monoisotopic (exact) mass is 545 g/mol. The number of rotatable bonds is 7. The van der Waals surface area contributed by atoms with E-state index in [9.17, 15) is 9.18 Å². The summed E-state index contributed by atoms with van der Waals surface area (Å²) in [6.45, 7) is 3.84. The molecule has 9 heteroatoms. The topological polar surface area (TPSA) is 71.8 Å². The number of anilines is 1. The average Bonchev–Trinajstić information content (AvgIpc) is 3.34. The first-order chi connectivity index (χ1) is 18.4. The average molecular weight is 546 g/mol. The van der Waals surface area contributed by atoms with Gasteiger partial charge in [-0.1, -0.05) is 78.0 Å². The van der Waals surface area contributed by atoms with Crippen molar-refractivity contribution >= 4 is 45.9 Å². The smallest absolute Gasteiger partial charge is 0.319 e. The molecule has 0 spiro atoms. The fourth-order valence-electron chi connectivity index (χ4n) is 4.19. The van der Waals surface area contributed by atoms with E-state index in [4.69, 9.17) is 11.6 Å². The fraction of sp³-hybridized carbons (Fsp3) is 0.138. The van der Waals surface area contributed by atoms with Gasteiger partial charge in [-0.05, 0) is 60.7 Å². The number of hydrogen-bond acceptors (Lipinski definition) is 4. The van der Waals surface area contributed by atoms with Crippen LogP contribution in [0.1, 0.15) is 29.9 Å². The molecule has 0 radical (unpaired) electrons. The highest BCUT2D eigenvalue weighted by molar-refractivity contribution is 7.98. The van der Waals surface area contributed by atoms with Crippen LogP contribution in [0, 0.1) is 12.7 Å². The van der Waals surface area contributed by atoms with E-state index in [2.05, 4.69) is 20.8 Å². The summed E-state index contributed by atoms with van der Waals surface area (Å²) >= 11 is 7.82. The van der Waals surface area contributed by atoms with Gasteiger partial charge in [-0.25, -0.2) is 9.18 Å². The van der Waals surface area contributed by atoms with Gasteiger partial charge in [0.15, 0.2) is 11.0 Å². The number of aryl methyl sites for hydroxylation is 1.